The number of rotatable bonds is 8. The highest BCUT2D eigenvalue weighted by molar-refractivity contribution is 6.30. The fraction of sp³-hybridized carbons (Fsp3) is 0.280. The Morgan fingerprint density at radius 3 is 2.59 bits per heavy atom. The summed E-state index contributed by atoms with van der Waals surface area (Å²) >= 11 is 6.12. The number of likely N-dealkylation sites (N-methyl/N-ethyl adjacent to an activating group) is 1. The van der Waals surface area contributed by atoms with Crippen molar-refractivity contribution in [3.63, 3.8) is 0 Å². The molecule has 0 spiro atoms. The number of hydrogen-bond donors (Lipinski definition) is 1. The van der Waals surface area contributed by atoms with E-state index in [4.69, 9.17) is 16.3 Å². The van der Waals surface area contributed by atoms with Crippen molar-refractivity contribution in [2.24, 2.45) is 0 Å². The first kappa shape index (κ1) is 23.4. The molecule has 0 saturated carbocycles. The normalized spacial score (nSPS) is 10.8. The molecule has 0 unspecified atom stereocenters. The lowest BCUT2D eigenvalue weighted by Gasteiger charge is -2.19. The third-order valence-electron chi connectivity index (χ3n) is 5.48. The van der Waals surface area contributed by atoms with E-state index in [1.807, 2.05) is 72.8 Å². The summed E-state index contributed by atoms with van der Waals surface area (Å²) in [6.07, 6.45) is 0. The second kappa shape index (κ2) is 10.4. The number of carbonyl (C=O) groups is 1. The van der Waals surface area contributed by atoms with Gasteiger partial charge in [0.05, 0.1) is 19.2 Å². The summed E-state index contributed by atoms with van der Waals surface area (Å²) in [6.45, 7) is 5.08. The van der Waals surface area contributed by atoms with Crippen LogP contribution in [-0.2, 0) is 17.9 Å². The van der Waals surface area contributed by atoms with Crippen LogP contribution in [0.15, 0.2) is 48.5 Å². The summed E-state index contributed by atoms with van der Waals surface area (Å²) in [6, 6.07) is 17.6. The first-order chi connectivity index (χ1) is 15.3. The van der Waals surface area contributed by atoms with Crippen LogP contribution in [0.5, 0.6) is 5.75 Å². The lowest BCUT2D eigenvalue weighted by atomic mass is 10.2. The molecule has 1 heterocycles. The lowest BCUT2D eigenvalue weighted by Crippen LogP contribution is -2.31. The largest absolute Gasteiger partial charge is 0.496 e. The van der Waals surface area contributed by atoms with Crippen LogP contribution in [0.2, 0.25) is 5.02 Å². The topological polar surface area (TPSA) is 70.3 Å². The summed E-state index contributed by atoms with van der Waals surface area (Å²) in [5.41, 5.74) is 4.31. The van der Waals surface area contributed by atoms with E-state index in [2.05, 4.69) is 11.4 Å². The molecule has 0 aliphatic heterocycles. The van der Waals surface area contributed by atoms with Crippen molar-refractivity contribution in [2.45, 2.75) is 26.9 Å². The minimum Gasteiger partial charge on any atom is -0.496 e. The van der Waals surface area contributed by atoms with Crippen LogP contribution < -0.4 is 10.1 Å². The standard InChI is InChI=1S/C25H27ClN4O2/c1-17-18(2)30(14-19-8-6-5-7-9-19)25(22(17)13-27)28-24(31)16-29(3)15-20-12-21(26)10-11-23(20)32-4/h5-12H,14-16H2,1-4H3,(H,28,31). The number of nitrogens with zero attached hydrogens (tertiary/aromatic N) is 3. The van der Waals surface area contributed by atoms with Gasteiger partial charge in [-0.25, -0.2) is 0 Å². The van der Waals surface area contributed by atoms with Crippen LogP contribution in [0.3, 0.4) is 0 Å². The lowest BCUT2D eigenvalue weighted by molar-refractivity contribution is -0.117. The van der Waals surface area contributed by atoms with Crippen molar-refractivity contribution in [3.05, 3.63) is 81.5 Å². The Kier molecular flexibility index (Phi) is 7.57. The van der Waals surface area contributed by atoms with E-state index in [9.17, 15) is 10.1 Å². The number of hydrogen-bond acceptors (Lipinski definition) is 4. The minimum absolute atomic E-state index is 0.148. The van der Waals surface area contributed by atoms with E-state index >= 15 is 0 Å². The van der Waals surface area contributed by atoms with Gasteiger partial charge in [-0.2, -0.15) is 5.26 Å². The van der Waals surface area contributed by atoms with Crippen LogP contribution in [0.25, 0.3) is 0 Å². The van der Waals surface area contributed by atoms with Gasteiger partial charge in [0.15, 0.2) is 0 Å². The molecule has 2 aromatic carbocycles. The molecule has 3 aromatic rings. The minimum atomic E-state index is -0.197. The number of nitrogens with one attached hydrogen (secondary N) is 1. The molecule has 3 rings (SSSR count). The molecule has 32 heavy (non-hydrogen) atoms. The molecule has 1 aromatic heterocycles. The molecule has 0 radical (unpaired) electrons. The van der Waals surface area contributed by atoms with E-state index in [0.717, 1.165) is 28.1 Å². The zero-order valence-corrected chi connectivity index (χ0v) is 19.5. The monoisotopic (exact) mass is 450 g/mol. The molecule has 0 fully saturated rings. The van der Waals surface area contributed by atoms with Crippen molar-refractivity contribution in [1.82, 2.24) is 9.47 Å². The Bertz CT molecular complexity index is 1150. The number of ether oxygens (including phenoxy) is 1. The highest BCUT2D eigenvalue weighted by atomic mass is 35.5. The first-order valence-corrected chi connectivity index (χ1v) is 10.7. The predicted molar refractivity (Wildman–Crippen MR) is 127 cm³/mol. The second-order valence-corrected chi connectivity index (χ2v) is 8.23. The molecule has 1 N–H and O–H groups in total. The molecule has 0 saturated heterocycles. The van der Waals surface area contributed by atoms with Gasteiger partial charge >= 0.3 is 0 Å². The number of anilines is 1. The Balaban J connectivity index is 1.78. The molecular formula is C25H27ClN4O2. The molecule has 1 amide bonds. The van der Waals surface area contributed by atoms with Crippen molar-refractivity contribution >= 4 is 23.3 Å². The number of carbonyl (C=O) groups excluding carboxylic acids is 1. The maximum absolute atomic E-state index is 12.9. The van der Waals surface area contributed by atoms with E-state index in [-0.39, 0.29) is 12.5 Å². The Hall–Kier alpha value is -3.27. The van der Waals surface area contributed by atoms with Crippen LogP contribution in [0, 0.1) is 25.2 Å². The maximum Gasteiger partial charge on any atom is 0.239 e. The van der Waals surface area contributed by atoms with Gasteiger partial charge < -0.3 is 14.6 Å². The zero-order valence-electron chi connectivity index (χ0n) is 18.8. The quantitative estimate of drug-likeness (QED) is 0.537. The SMILES string of the molecule is COc1ccc(Cl)cc1CN(C)CC(=O)Nc1c(C#N)c(C)c(C)n1Cc1ccccc1. The third-order valence-corrected chi connectivity index (χ3v) is 5.71. The Morgan fingerprint density at radius 2 is 1.94 bits per heavy atom. The smallest absolute Gasteiger partial charge is 0.239 e. The number of aromatic nitrogens is 1. The summed E-state index contributed by atoms with van der Waals surface area (Å²) in [5, 5.41) is 13.3. The highest BCUT2D eigenvalue weighted by Crippen LogP contribution is 2.28. The highest BCUT2D eigenvalue weighted by Gasteiger charge is 2.20. The molecule has 0 aliphatic carbocycles. The van der Waals surface area contributed by atoms with Crippen molar-refractivity contribution in [1.29, 1.82) is 5.26 Å². The molecule has 6 nitrogen and oxygen atoms in total. The number of halogens is 1. The molecule has 0 aliphatic rings. The van der Waals surface area contributed by atoms with Crippen LogP contribution in [0.4, 0.5) is 5.82 Å². The zero-order chi connectivity index (χ0) is 23.3. The van der Waals surface area contributed by atoms with E-state index in [1.165, 1.54) is 0 Å². The number of methoxy groups -OCH3 is 1. The van der Waals surface area contributed by atoms with E-state index in [1.54, 1.807) is 13.2 Å². The van der Waals surface area contributed by atoms with Gasteiger partial charge in [-0.3, -0.25) is 9.69 Å². The Morgan fingerprint density at radius 1 is 1.22 bits per heavy atom. The third kappa shape index (κ3) is 5.31. The van der Waals surface area contributed by atoms with Gasteiger partial charge in [0, 0.05) is 29.4 Å². The number of amides is 1. The first-order valence-electron chi connectivity index (χ1n) is 10.3. The number of nitriles is 1. The average molecular weight is 451 g/mol. The molecule has 166 valence electrons. The molecule has 7 heteroatoms. The fourth-order valence-electron chi connectivity index (χ4n) is 3.73. The van der Waals surface area contributed by atoms with Gasteiger partial charge in [-0.05, 0) is 50.2 Å². The van der Waals surface area contributed by atoms with Gasteiger partial charge in [-0.15, -0.1) is 0 Å². The van der Waals surface area contributed by atoms with E-state index < -0.39 is 0 Å². The second-order valence-electron chi connectivity index (χ2n) is 7.79. The Labute approximate surface area is 194 Å². The van der Waals surface area contributed by atoms with Gasteiger partial charge in [0.1, 0.15) is 17.6 Å². The van der Waals surface area contributed by atoms with Gasteiger partial charge in [0.25, 0.3) is 0 Å². The van der Waals surface area contributed by atoms with Gasteiger partial charge in [0.2, 0.25) is 5.91 Å². The summed E-state index contributed by atoms with van der Waals surface area (Å²) in [7, 11) is 3.46. The van der Waals surface area contributed by atoms with Crippen LogP contribution in [0.1, 0.15) is 27.9 Å². The average Bonchev–Trinajstić information content (AvgIpc) is 2.98. The van der Waals surface area contributed by atoms with Crippen molar-refractivity contribution < 1.29 is 9.53 Å². The molecular weight excluding hydrogens is 424 g/mol. The summed E-state index contributed by atoms with van der Waals surface area (Å²) in [4.78, 5) is 14.8. The van der Waals surface area contributed by atoms with Crippen molar-refractivity contribution in [3.8, 4) is 11.8 Å². The summed E-state index contributed by atoms with van der Waals surface area (Å²) in [5.74, 6) is 1.05. The molecule has 0 bridgehead atoms. The predicted octanol–water partition coefficient (Wildman–Crippen LogP) is 4.76. The maximum atomic E-state index is 12.9. The van der Waals surface area contributed by atoms with Crippen molar-refractivity contribution in [2.75, 3.05) is 26.0 Å². The fourth-order valence-corrected chi connectivity index (χ4v) is 3.92. The number of benzene rings is 2. The van der Waals surface area contributed by atoms with E-state index in [0.29, 0.717) is 29.5 Å². The van der Waals surface area contributed by atoms with Gasteiger partial charge in [-0.1, -0.05) is 41.9 Å². The summed E-state index contributed by atoms with van der Waals surface area (Å²) < 4.78 is 7.38. The van der Waals surface area contributed by atoms with Crippen LogP contribution in [-0.4, -0.2) is 36.1 Å². The molecule has 0 atom stereocenters. The van der Waals surface area contributed by atoms with Crippen LogP contribution >= 0.6 is 11.6 Å².